The summed E-state index contributed by atoms with van der Waals surface area (Å²) in [5.41, 5.74) is -1.40. The van der Waals surface area contributed by atoms with Gasteiger partial charge in [0, 0.05) is 22.8 Å². The molecule has 1 saturated heterocycles. The van der Waals surface area contributed by atoms with Crippen molar-refractivity contribution in [2.24, 2.45) is 10.9 Å². The maximum Gasteiger partial charge on any atom is 0.413 e. The van der Waals surface area contributed by atoms with Gasteiger partial charge in [-0.2, -0.15) is 0 Å². The standard InChI is InChI=1S/C19H24F2N2O3S/c1-18(2,3)23(17(24)25)16-22-19(14-6-4-5-7-15(14)21)11-26-13(9-20)8-12(19)10-27-16/h4-7,12-13H,8-11H2,1-3H3,(H,24,25)/t12-,13+,19-/m0/s1. The second-order valence-electron chi connectivity index (χ2n) is 7.92. The van der Waals surface area contributed by atoms with Gasteiger partial charge in [0.2, 0.25) is 0 Å². The molecule has 1 aromatic rings. The van der Waals surface area contributed by atoms with E-state index in [1.54, 1.807) is 39.0 Å². The number of benzene rings is 1. The molecule has 0 spiro atoms. The number of thioether (sulfide) groups is 1. The van der Waals surface area contributed by atoms with Gasteiger partial charge in [0.1, 0.15) is 18.0 Å². The molecular weight excluding hydrogens is 374 g/mol. The number of carbonyl (C=O) groups is 1. The number of carboxylic acid groups (broad SMARTS) is 1. The van der Waals surface area contributed by atoms with Crippen molar-refractivity contribution in [3.8, 4) is 0 Å². The summed E-state index contributed by atoms with van der Waals surface area (Å²) in [6.07, 6.45) is -1.24. The highest BCUT2D eigenvalue weighted by atomic mass is 32.2. The second-order valence-corrected chi connectivity index (χ2v) is 8.91. The van der Waals surface area contributed by atoms with E-state index in [9.17, 15) is 18.7 Å². The van der Waals surface area contributed by atoms with Crippen molar-refractivity contribution in [3.63, 3.8) is 0 Å². The Morgan fingerprint density at radius 3 is 2.74 bits per heavy atom. The molecule has 8 heteroatoms. The number of alkyl halides is 1. The lowest BCUT2D eigenvalue weighted by Gasteiger charge is -2.48. The molecule has 3 atom stereocenters. The number of nitrogens with zero attached hydrogens (tertiary/aromatic N) is 2. The minimum Gasteiger partial charge on any atom is -0.465 e. The van der Waals surface area contributed by atoms with Crippen LogP contribution in [-0.2, 0) is 10.3 Å². The zero-order valence-electron chi connectivity index (χ0n) is 15.6. The smallest absolute Gasteiger partial charge is 0.413 e. The van der Waals surface area contributed by atoms with Gasteiger partial charge in [-0.05, 0) is 33.3 Å². The molecule has 2 aliphatic heterocycles. The average Bonchev–Trinajstić information content (AvgIpc) is 2.60. The first kappa shape index (κ1) is 20.1. The third-order valence-corrected chi connectivity index (χ3v) is 6.14. The Hall–Kier alpha value is -1.67. The van der Waals surface area contributed by atoms with E-state index in [4.69, 9.17) is 9.73 Å². The number of amides is 1. The molecule has 2 heterocycles. The van der Waals surface area contributed by atoms with E-state index in [2.05, 4.69) is 0 Å². The molecule has 0 unspecified atom stereocenters. The van der Waals surface area contributed by atoms with Crippen LogP contribution in [0.5, 0.6) is 0 Å². The van der Waals surface area contributed by atoms with Gasteiger partial charge in [0.25, 0.3) is 0 Å². The number of rotatable bonds is 2. The van der Waals surface area contributed by atoms with Gasteiger partial charge in [-0.25, -0.2) is 18.6 Å². The number of ether oxygens (including phenoxy) is 1. The predicted molar refractivity (Wildman–Crippen MR) is 101 cm³/mol. The lowest BCUT2D eigenvalue weighted by Crippen LogP contribution is -2.55. The molecule has 1 N–H and O–H groups in total. The van der Waals surface area contributed by atoms with Crippen molar-refractivity contribution in [1.29, 1.82) is 0 Å². The maximum atomic E-state index is 14.7. The molecule has 148 valence electrons. The fraction of sp³-hybridized carbons (Fsp3) is 0.579. The van der Waals surface area contributed by atoms with Crippen molar-refractivity contribution in [1.82, 2.24) is 4.90 Å². The highest BCUT2D eigenvalue weighted by molar-refractivity contribution is 8.13. The molecule has 5 nitrogen and oxygen atoms in total. The summed E-state index contributed by atoms with van der Waals surface area (Å²) in [4.78, 5) is 17.9. The molecule has 1 fully saturated rings. The minimum atomic E-state index is -1.12. The monoisotopic (exact) mass is 398 g/mol. The third kappa shape index (κ3) is 3.69. The van der Waals surface area contributed by atoms with Crippen molar-refractivity contribution >= 4 is 23.0 Å². The zero-order valence-corrected chi connectivity index (χ0v) is 16.4. The first-order chi connectivity index (χ1) is 12.7. The number of halogens is 2. The Morgan fingerprint density at radius 2 is 2.15 bits per heavy atom. The topological polar surface area (TPSA) is 62.1 Å². The number of amidine groups is 1. The summed E-state index contributed by atoms with van der Waals surface area (Å²) in [5.74, 6) is -0.0434. The summed E-state index contributed by atoms with van der Waals surface area (Å²) in [7, 11) is 0. The molecule has 1 aromatic carbocycles. The van der Waals surface area contributed by atoms with E-state index in [0.717, 1.165) is 0 Å². The minimum absolute atomic E-state index is 0.0227. The number of hydrogen-bond donors (Lipinski definition) is 1. The van der Waals surface area contributed by atoms with Crippen LogP contribution in [0.15, 0.2) is 29.3 Å². The van der Waals surface area contributed by atoms with Crippen LogP contribution in [0.25, 0.3) is 0 Å². The zero-order chi connectivity index (χ0) is 19.8. The van der Waals surface area contributed by atoms with Crippen LogP contribution in [0.1, 0.15) is 32.8 Å². The SMILES string of the molecule is CC(C)(C)N(C(=O)O)C1=N[C@@]2(c3ccccc3F)CO[C@@H](CF)C[C@H]2CS1. The van der Waals surface area contributed by atoms with E-state index in [-0.39, 0.29) is 12.5 Å². The first-order valence-corrected chi connectivity index (χ1v) is 9.86. The number of aliphatic imine (C=N–C) groups is 1. The van der Waals surface area contributed by atoms with Crippen molar-refractivity contribution in [2.45, 2.75) is 44.4 Å². The predicted octanol–water partition coefficient (Wildman–Crippen LogP) is 4.28. The van der Waals surface area contributed by atoms with E-state index in [1.807, 2.05) is 0 Å². The summed E-state index contributed by atoms with van der Waals surface area (Å²) >= 11 is 1.32. The maximum absolute atomic E-state index is 14.7. The van der Waals surface area contributed by atoms with Gasteiger partial charge < -0.3 is 9.84 Å². The van der Waals surface area contributed by atoms with Crippen molar-refractivity contribution in [2.75, 3.05) is 19.0 Å². The molecule has 1 amide bonds. The Bertz CT molecular complexity index is 753. The van der Waals surface area contributed by atoms with E-state index >= 15 is 0 Å². The highest BCUT2D eigenvalue weighted by Crippen LogP contribution is 2.48. The molecule has 0 aliphatic carbocycles. The Morgan fingerprint density at radius 1 is 1.44 bits per heavy atom. The number of hydrogen-bond acceptors (Lipinski definition) is 4. The quantitative estimate of drug-likeness (QED) is 0.808. The van der Waals surface area contributed by atoms with Crippen LogP contribution in [0, 0.1) is 11.7 Å². The fourth-order valence-corrected chi connectivity index (χ4v) is 5.17. The summed E-state index contributed by atoms with van der Waals surface area (Å²) in [6.45, 7) is 4.76. The van der Waals surface area contributed by atoms with Gasteiger partial charge in [-0.3, -0.25) is 4.90 Å². The fourth-order valence-electron chi connectivity index (χ4n) is 3.70. The second kappa shape index (κ2) is 7.39. The van der Waals surface area contributed by atoms with Gasteiger partial charge in [0.15, 0.2) is 5.17 Å². The normalized spacial score (nSPS) is 28.3. The molecule has 27 heavy (non-hydrogen) atoms. The average molecular weight is 398 g/mol. The Labute approximate surface area is 161 Å². The van der Waals surface area contributed by atoms with Crippen LogP contribution in [-0.4, -0.2) is 51.9 Å². The van der Waals surface area contributed by atoms with Crippen molar-refractivity contribution in [3.05, 3.63) is 35.6 Å². The van der Waals surface area contributed by atoms with Gasteiger partial charge in [0.05, 0.1) is 12.7 Å². The van der Waals surface area contributed by atoms with Crippen LogP contribution >= 0.6 is 11.8 Å². The van der Waals surface area contributed by atoms with Crippen LogP contribution in [0.4, 0.5) is 13.6 Å². The van der Waals surface area contributed by atoms with Crippen LogP contribution in [0.2, 0.25) is 0 Å². The molecule has 0 radical (unpaired) electrons. The molecule has 0 bridgehead atoms. The lowest BCUT2D eigenvalue weighted by molar-refractivity contribution is -0.0657. The Kier molecular flexibility index (Phi) is 5.49. The summed E-state index contributed by atoms with van der Waals surface area (Å²) in [6, 6.07) is 6.33. The molecule has 0 saturated carbocycles. The van der Waals surface area contributed by atoms with Gasteiger partial charge in [-0.1, -0.05) is 30.0 Å². The van der Waals surface area contributed by atoms with Crippen molar-refractivity contribution < 1.29 is 23.4 Å². The molecule has 0 aromatic heterocycles. The third-order valence-electron chi connectivity index (χ3n) is 5.04. The van der Waals surface area contributed by atoms with Crippen LogP contribution < -0.4 is 0 Å². The highest BCUT2D eigenvalue weighted by Gasteiger charge is 2.51. The lowest BCUT2D eigenvalue weighted by atomic mass is 9.75. The van der Waals surface area contributed by atoms with E-state index < -0.39 is 35.8 Å². The largest absolute Gasteiger partial charge is 0.465 e. The number of fused-ring (bicyclic) bond motifs is 1. The van der Waals surface area contributed by atoms with Gasteiger partial charge >= 0.3 is 6.09 Å². The molecular formula is C19H24F2N2O3S. The summed E-state index contributed by atoms with van der Waals surface area (Å²) < 4.78 is 33.5. The van der Waals surface area contributed by atoms with Crippen LogP contribution in [0.3, 0.4) is 0 Å². The molecule has 2 aliphatic rings. The van der Waals surface area contributed by atoms with Gasteiger partial charge in [-0.15, -0.1) is 0 Å². The van der Waals surface area contributed by atoms with E-state index in [1.165, 1.54) is 22.7 Å². The van der Waals surface area contributed by atoms with E-state index in [0.29, 0.717) is 22.9 Å². The Balaban J connectivity index is 2.13. The summed E-state index contributed by atoms with van der Waals surface area (Å²) in [5, 5.41) is 10.0. The first-order valence-electron chi connectivity index (χ1n) is 8.87. The molecule has 3 rings (SSSR count).